The molecule has 0 radical (unpaired) electrons. The van der Waals surface area contributed by atoms with E-state index >= 15 is 0 Å². The maximum absolute atomic E-state index is 4.17. The third kappa shape index (κ3) is 61.1. The summed E-state index contributed by atoms with van der Waals surface area (Å²) in [6.07, 6.45) is 16.4. The highest BCUT2D eigenvalue weighted by Crippen LogP contribution is 2.32. The van der Waals surface area contributed by atoms with Gasteiger partial charge in [0, 0.05) is 84.2 Å². The van der Waals surface area contributed by atoms with Crippen LogP contribution in [0.1, 0.15) is 303 Å². The largest absolute Gasteiger partial charge is 0.264 e. The smallest absolute Gasteiger partial charge is 0.125 e. The van der Waals surface area contributed by atoms with Gasteiger partial charge in [-0.15, -0.1) is 0 Å². The van der Waals surface area contributed by atoms with Crippen molar-refractivity contribution in [1.82, 2.24) is 44.9 Å². The van der Waals surface area contributed by atoms with E-state index in [4.69, 9.17) is 0 Å². The Morgan fingerprint density at radius 3 is 0.709 bits per heavy atom. The van der Waals surface area contributed by atoms with Crippen molar-refractivity contribution in [1.29, 1.82) is 0 Å². The Labute approximate surface area is 785 Å². The lowest BCUT2D eigenvalue weighted by molar-refractivity contribution is 1.03. The molecule has 0 bridgehead atoms. The van der Waals surface area contributed by atoms with E-state index in [1.165, 1.54) is 115 Å². The van der Waals surface area contributed by atoms with E-state index in [0.717, 1.165) is 51.2 Å². The molecule has 0 aliphatic rings. The van der Waals surface area contributed by atoms with Gasteiger partial charge in [-0.05, 0) is 297 Å². The fourth-order valence-electron chi connectivity index (χ4n) is 10.5. The van der Waals surface area contributed by atoms with Gasteiger partial charge in [-0.1, -0.05) is 347 Å². The SMILES string of the molecule is C.C.C.C.C.C.C.CC.CC.CC.CC.CC.CC.CC.CC.CC.CC.Cc1c2ccccc2c(C)c2ccccc12.Cc1ccc(C)nc1.Cc1ccc(C)nc1.Cc1ccc2cc3cc(C)ccc3cc2c1.Cc1cccc(C)n1.Cc1cccc2c(C)cccc12.Cc1ccnc(C)c1.Cc1cnc(C)cn1.Cc1cnc(C)nc1.Cc1cncc(C)c1. The van der Waals surface area contributed by atoms with Gasteiger partial charge in [0.05, 0.1) is 11.4 Å². The lowest BCUT2D eigenvalue weighted by Crippen LogP contribution is -1.87. The van der Waals surface area contributed by atoms with Crippen LogP contribution in [0.4, 0.5) is 0 Å². The molecule has 0 saturated heterocycles. The number of aromatic nitrogens is 9. The van der Waals surface area contributed by atoms with Crippen molar-refractivity contribution in [2.45, 2.75) is 329 Å². The number of aryl methyl sites for hydroxylation is 20. The van der Waals surface area contributed by atoms with Gasteiger partial charge in [0.15, 0.2) is 0 Å². The van der Waals surface area contributed by atoms with Crippen LogP contribution in [-0.2, 0) is 0 Å². The summed E-state index contributed by atoms with van der Waals surface area (Å²) in [4.78, 5) is 36.3. The standard InChI is InChI=1S/2C16H14.C12H12.5C7H9N.2C6H8N2.10C2H6.7CH4/c1-11-3-5-13-10-16-8-12(2)4-6-14(16)9-15(13)7-11;1-11-13-7-3-5-9-15(13)12(2)16-10-6-4-8-14(11)16;1-9-5-3-8-12-10(2)6-4-7-11(9)12;1-6-3-7(2)5-8-4-6;1-6-3-4-8-7(2)5-6;2*1-6-3-4-7(2)8-5-6;1-6-4-3-5-7(2)8-6;1-5-3-8-6(2)4-7-5;1-5-3-7-6(2)8-4-5;10*1-2;;;;;;;/h2*3-10H,1-2H3;3-8H,1-2H3;5*3-5H,1-2H3;2*3-4H,1-2H3;10*1-2H3;7*1H4. The van der Waals surface area contributed by atoms with Crippen LogP contribution in [0.3, 0.4) is 0 Å². The van der Waals surface area contributed by atoms with Gasteiger partial charge in [-0.3, -0.25) is 34.9 Å². The first-order chi connectivity index (χ1) is 57.8. The Bertz CT molecular complexity index is 4360. The number of nitrogens with zero attached hydrogens (tertiary/aromatic N) is 9. The first kappa shape index (κ1) is 142. The summed E-state index contributed by atoms with van der Waals surface area (Å²) >= 11 is 0. The Kier molecular flexibility index (Phi) is 100. The Morgan fingerprint density at radius 2 is 0.465 bits per heavy atom. The monoisotopic (exact) mass is 1730 g/mol. The zero-order valence-corrected chi connectivity index (χ0v) is 82.7. The molecule has 7 aromatic heterocycles. The number of hydrogen-bond acceptors (Lipinski definition) is 9. The quantitative estimate of drug-likeness (QED) is 0.137. The van der Waals surface area contributed by atoms with E-state index in [2.05, 4.69) is 251 Å². The highest BCUT2D eigenvalue weighted by Gasteiger charge is 2.07. The predicted molar refractivity (Wildman–Crippen MR) is 587 cm³/mol. The minimum Gasteiger partial charge on any atom is -0.264 e. The molecule has 0 atom stereocenters. The second-order valence-electron chi connectivity index (χ2n) is 25.6. The molecule has 9 heteroatoms. The van der Waals surface area contributed by atoms with Gasteiger partial charge in [0.1, 0.15) is 5.82 Å². The molecule has 706 valence electrons. The molecule has 15 aromatic rings. The third-order valence-electron chi connectivity index (χ3n) is 16.0. The fraction of sp³-hybridized carbons (Fsp3) is 0.398. The lowest BCUT2D eigenvalue weighted by Gasteiger charge is -2.11. The lowest BCUT2D eigenvalue weighted by atomic mass is 9.93. The summed E-state index contributed by atoms with van der Waals surface area (Å²) in [5, 5.41) is 13.5. The Hall–Kier alpha value is -11.0. The fourth-order valence-corrected chi connectivity index (χ4v) is 10.5. The zero-order chi connectivity index (χ0) is 92.7. The molecule has 0 aliphatic heterocycles. The number of fused-ring (bicyclic) bond motifs is 5. The molecule has 0 amide bonds. The number of pyridine rings is 5. The van der Waals surface area contributed by atoms with Crippen LogP contribution < -0.4 is 0 Å². The summed E-state index contributed by atoms with van der Waals surface area (Å²) in [5.74, 6) is 0.829. The van der Waals surface area contributed by atoms with Gasteiger partial charge < -0.3 is 0 Å². The van der Waals surface area contributed by atoms with E-state index in [1.807, 2.05) is 308 Å². The van der Waals surface area contributed by atoms with Gasteiger partial charge in [0.25, 0.3) is 0 Å². The van der Waals surface area contributed by atoms with Gasteiger partial charge in [-0.25, -0.2) is 9.97 Å². The molecule has 8 aromatic carbocycles. The van der Waals surface area contributed by atoms with E-state index in [0.29, 0.717) is 0 Å². The summed E-state index contributed by atoms with van der Waals surface area (Å²) in [5.41, 5.74) is 22.8. The van der Waals surface area contributed by atoms with Crippen molar-refractivity contribution in [3.05, 3.63) is 362 Å². The second-order valence-corrected chi connectivity index (χ2v) is 25.6. The minimum absolute atomic E-state index is 0. The molecule has 0 N–H and O–H groups in total. The number of hydrogen-bond donors (Lipinski definition) is 0. The van der Waals surface area contributed by atoms with Gasteiger partial charge in [0.2, 0.25) is 0 Å². The molecule has 7 heterocycles. The highest BCUT2D eigenvalue weighted by atomic mass is 14.8. The van der Waals surface area contributed by atoms with Gasteiger partial charge in [-0.2, -0.15) is 0 Å². The van der Waals surface area contributed by atoms with Crippen molar-refractivity contribution in [2.75, 3.05) is 0 Å². The normalized spacial score (nSPS) is 8.35. The van der Waals surface area contributed by atoms with Crippen LogP contribution in [0.2, 0.25) is 0 Å². The van der Waals surface area contributed by atoms with Crippen molar-refractivity contribution >= 4 is 53.9 Å². The first-order valence-corrected chi connectivity index (χ1v) is 44.0. The molecule has 0 unspecified atom stereocenters. The van der Waals surface area contributed by atoms with Crippen LogP contribution in [-0.4, -0.2) is 44.9 Å². The van der Waals surface area contributed by atoms with Crippen LogP contribution in [0, 0.1) is 138 Å². The first-order valence-electron chi connectivity index (χ1n) is 44.0. The number of benzene rings is 8. The molecule has 127 heavy (non-hydrogen) atoms. The van der Waals surface area contributed by atoms with Crippen molar-refractivity contribution in [2.24, 2.45) is 0 Å². The number of rotatable bonds is 0. The van der Waals surface area contributed by atoms with Crippen molar-refractivity contribution < 1.29 is 0 Å². The van der Waals surface area contributed by atoms with Crippen LogP contribution in [0.15, 0.2) is 250 Å². The highest BCUT2D eigenvalue weighted by molar-refractivity contribution is 6.05. The molecule has 0 saturated carbocycles. The van der Waals surface area contributed by atoms with E-state index in [1.54, 1.807) is 12.4 Å². The Balaban J connectivity index is -0.000000114. The summed E-state index contributed by atoms with van der Waals surface area (Å²) in [6.45, 7) is 80.9. The summed E-state index contributed by atoms with van der Waals surface area (Å²) in [6, 6.07) is 68.3. The molecular weight excluding hydrogens is 1540 g/mol. The van der Waals surface area contributed by atoms with Crippen LogP contribution in [0.25, 0.3) is 53.9 Å². The molecule has 15 rings (SSSR count). The van der Waals surface area contributed by atoms with Crippen molar-refractivity contribution in [3.63, 3.8) is 0 Å². The minimum atomic E-state index is 0. The van der Waals surface area contributed by atoms with E-state index in [9.17, 15) is 0 Å². The predicted octanol–water partition coefficient (Wildman–Crippen LogP) is 38.1. The van der Waals surface area contributed by atoms with Gasteiger partial charge >= 0.3 is 0 Å². The average Bonchev–Trinajstić information content (AvgIpc) is 0.770. The molecular formula is C118H189N9. The molecule has 9 nitrogen and oxygen atoms in total. The Morgan fingerprint density at radius 1 is 0.173 bits per heavy atom. The van der Waals surface area contributed by atoms with Crippen molar-refractivity contribution in [3.8, 4) is 0 Å². The topological polar surface area (TPSA) is 116 Å². The van der Waals surface area contributed by atoms with E-state index < -0.39 is 0 Å². The van der Waals surface area contributed by atoms with E-state index in [-0.39, 0.29) is 52.0 Å². The average molecular weight is 1730 g/mol. The maximum Gasteiger partial charge on any atom is 0.125 e. The molecule has 0 spiro atoms. The zero-order valence-electron chi connectivity index (χ0n) is 82.7. The third-order valence-corrected chi connectivity index (χ3v) is 16.0. The second kappa shape index (κ2) is 89.8. The van der Waals surface area contributed by atoms with Crippen LogP contribution in [0.5, 0.6) is 0 Å². The van der Waals surface area contributed by atoms with Crippen LogP contribution >= 0.6 is 0 Å². The summed E-state index contributed by atoms with van der Waals surface area (Å²) < 4.78 is 0. The summed E-state index contributed by atoms with van der Waals surface area (Å²) in [7, 11) is 0. The maximum atomic E-state index is 4.17. The molecule has 0 aliphatic carbocycles. The molecule has 0 fully saturated rings.